The van der Waals surface area contributed by atoms with E-state index in [1.807, 2.05) is 24.3 Å². The standard InChI is InChI=1S/C20H28N2O2/c1-3-15(4-2)13-22-11-5-6-18(14-22)24-17-7-8-19-16(12-17)9-10-21-20(19)23/h7-10,12,15,18H,3-6,11,13-14H2,1-2H3,(H,21,23). The minimum atomic E-state index is -0.0481. The molecule has 130 valence electrons. The van der Waals surface area contributed by atoms with Crippen molar-refractivity contribution >= 4 is 10.8 Å². The Hall–Kier alpha value is -1.81. The van der Waals surface area contributed by atoms with Gasteiger partial charge in [0.05, 0.1) is 0 Å². The van der Waals surface area contributed by atoms with Crippen molar-refractivity contribution in [1.82, 2.24) is 9.88 Å². The lowest BCUT2D eigenvalue weighted by Gasteiger charge is -2.34. The number of H-pyrrole nitrogens is 1. The fraction of sp³-hybridized carbons (Fsp3) is 0.550. The molecule has 0 aliphatic carbocycles. The Morgan fingerprint density at radius 1 is 1.29 bits per heavy atom. The van der Waals surface area contributed by atoms with Crippen LogP contribution in [0, 0.1) is 5.92 Å². The maximum Gasteiger partial charge on any atom is 0.255 e. The number of piperidine rings is 1. The van der Waals surface area contributed by atoms with Gasteiger partial charge in [0.2, 0.25) is 0 Å². The molecular weight excluding hydrogens is 300 g/mol. The van der Waals surface area contributed by atoms with Gasteiger partial charge in [-0.15, -0.1) is 0 Å². The zero-order valence-electron chi connectivity index (χ0n) is 14.8. The van der Waals surface area contributed by atoms with Gasteiger partial charge < -0.3 is 9.72 Å². The highest BCUT2D eigenvalue weighted by Gasteiger charge is 2.22. The van der Waals surface area contributed by atoms with Gasteiger partial charge in [-0.3, -0.25) is 9.69 Å². The van der Waals surface area contributed by atoms with Crippen LogP contribution in [0.4, 0.5) is 0 Å². The molecule has 1 unspecified atom stereocenters. The van der Waals surface area contributed by atoms with Crippen LogP contribution in [0.1, 0.15) is 39.5 Å². The smallest absolute Gasteiger partial charge is 0.255 e. The van der Waals surface area contributed by atoms with E-state index >= 15 is 0 Å². The van der Waals surface area contributed by atoms with Crippen LogP contribution < -0.4 is 10.3 Å². The number of aromatic amines is 1. The number of rotatable bonds is 6. The number of nitrogens with one attached hydrogen (secondary N) is 1. The average molecular weight is 328 g/mol. The zero-order chi connectivity index (χ0) is 16.9. The van der Waals surface area contributed by atoms with Crippen molar-refractivity contribution in [3.63, 3.8) is 0 Å². The Balaban J connectivity index is 1.66. The molecule has 0 amide bonds. The Kier molecular flexibility index (Phi) is 5.56. The molecule has 24 heavy (non-hydrogen) atoms. The summed E-state index contributed by atoms with van der Waals surface area (Å²) >= 11 is 0. The Morgan fingerprint density at radius 2 is 2.12 bits per heavy atom. The predicted molar refractivity (Wildman–Crippen MR) is 98.7 cm³/mol. The number of hydrogen-bond acceptors (Lipinski definition) is 3. The second-order valence-corrected chi connectivity index (χ2v) is 6.88. The number of pyridine rings is 1. The van der Waals surface area contributed by atoms with Gasteiger partial charge >= 0.3 is 0 Å². The van der Waals surface area contributed by atoms with E-state index in [-0.39, 0.29) is 11.7 Å². The molecule has 1 fully saturated rings. The minimum absolute atomic E-state index is 0.0481. The van der Waals surface area contributed by atoms with Crippen molar-refractivity contribution in [1.29, 1.82) is 0 Å². The van der Waals surface area contributed by atoms with Crippen molar-refractivity contribution < 1.29 is 4.74 Å². The Labute approximate surface area is 143 Å². The molecule has 0 radical (unpaired) electrons. The van der Waals surface area contributed by atoms with Crippen LogP contribution >= 0.6 is 0 Å². The predicted octanol–water partition coefficient (Wildman–Crippen LogP) is 3.81. The lowest BCUT2D eigenvalue weighted by molar-refractivity contribution is 0.0776. The SMILES string of the molecule is CCC(CC)CN1CCCC(Oc2ccc3c(=O)[nH]ccc3c2)C1. The lowest BCUT2D eigenvalue weighted by atomic mass is 10.0. The van der Waals surface area contributed by atoms with E-state index in [9.17, 15) is 4.79 Å². The molecule has 4 heteroatoms. The molecule has 2 heterocycles. The first-order chi connectivity index (χ1) is 11.7. The van der Waals surface area contributed by atoms with Gasteiger partial charge in [-0.25, -0.2) is 0 Å². The van der Waals surface area contributed by atoms with Crippen LogP contribution in [-0.2, 0) is 0 Å². The molecule has 1 atom stereocenters. The van der Waals surface area contributed by atoms with Gasteiger partial charge in [0.15, 0.2) is 0 Å². The molecule has 3 rings (SSSR count). The van der Waals surface area contributed by atoms with Crippen LogP contribution in [0.15, 0.2) is 35.3 Å². The first-order valence-electron chi connectivity index (χ1n) is 9.20. The number of aromatic nitrogens is 1. The highest BCUT2D eigenvalue weighted by Crippen LogP contribution is 2.23. The monoisotopic (exact) mass is 328 g/mol. The van der Waals surface area contributed by atoms with Crippen LogP contribution in [0.25, 0.3) is 10.8 Å². The molecule has 0 saturated carbocycles. The van der Waals surface area contributed by atoms with Gasteiger partial charge in [0, 0.05) is 24.7 Å². The summed E-state index contributed by atoms with van der Waals surface area (Å²) in [6.45, 7) is 7.93. The second-order valence-electron chi connectivity index (χ2n) is 6.88. The highest BCUT2D eigenvalue weighted by atomic mass is 16.5. The van der Waals surface area contributed by atoms with E-state index < -0.39 is 0 Å². The van der Waals surface area contributed by atoms with Gasteiger partial charge in [-0.1, -0.05) is 26.7 Å². The summed E-state index contributed by atoms with van der Waals surface area (Å²) in [5.41, 5.74) is -0.0481. The minimum Gasteiger partial charge on any atom is -0.489 e. The molecule has 1 saturated heterocycles. The largest absolute Gasteiger partial charge is 0.489 e. The zero-order valence-corrected chi connectivity index (χ0v) is 14.8. The number of ether oxygens (including phenoxy) is 1. The summed E-state index contributed by atoms with van der Waals surface area (Å²) in [4.78, 5) is 17.0. The van der Waals surface area contributed by atoms with Crippen molar-refractivity contribution in [2.45, 2.75) is 45.6 Å². The third-order valence-electron chi connectivity index (χ3n) is 5.18. The van der Waals surface area contributed by atoms with E-state index in [0.717, 1.165) is 30.0 Å². The summed E-state index contributed by atoms with van der Waals surface area (Å²) in [5.74, 6) is 1.65. The van der Waals surface area contributed by atoms with Crippen molar-refractivity contribution in [3.8, 4) is 5.75 Å². The van der Waals surface area contributed by atoms with Crippen LogP contribution in [-0.4, -0.2) is 35.6 Å². The van der Waals surface area contributed by atoms with Crippen LogP contribution in [0.3, 0.4) is 0 Å². The van der Waals surface area contributed by atoms with Crippen LogP contribution in [0.5, 0.6) is 5.75 Å². The molecule has 1 aromatic carbocycles. The number of hydrogen-bond donors (Lipinski definition) is 1. The first-order valence-corrected chi connectivity index (χ1v) is 9.20. The van der Waals surface area contributed by atoms with Crippen molar-refractivity contribution in [3.05, 3.63) is 40.8 Å². The van der Waals surface area contributed by atoms with E-state index in [4.69, 9.17) is 4.74 Å². The quantitative estimate of drug-likeness (QED) is 0.877. The normalized spacial score (nSPS) is 19.0. The van der Waals surface area contributed by atoms with E-state index in [1.165, 1.54) is 32.4 Å². The van der Waals surface area contributed by atoms with Crippen LogP contribution in [0.2, 0.25) is 0 Å². The van der Waals surface area contributed by atoms with Gasteiger partial charge in [-0.05, 0) is 55.0 Å². The molecule has 1 aromatic heterocycles. The summed E-state index contributed by atoms with van der Waals surface area (Å²) in [6.07, 6.45) is 6.72. The molecular formula is C20H28N2O2. The maximum absolute atomic E-state index is 11.8. The third kappa shape index (κ3) is 3.99. The average Bonchev–Trinajstić information content (AvgIpc) is 2.60. The first kappa shape index (κ1) is 17.0. The Morgan fingerprint density at radius 3 is 2.92 bits per heavy atom. The summed E-state index contributed by atoms with van der Waals surface area (Å²) < 4.78 is 6.23. The van der Waals surface area contributed by atoms with E-state index in [1.54, 1.807) is 6.20 Å². The molecule has 1 N–H and O–H groups in total. The highest BCUT2D eigenvalue weighted by molar-refractivity contribution is 5.82. The fourth-order valence-corrected chi connectivity index (χ4v) is 3.62. The van der Waals surface area contributed by atoms with E-state index in [0.29, 0.717) is 5.39 Å². The molecule has 0 bridgehead atoms. The lowest BCUT2D eigenvalue weighted by Crippen LogP contribution is -2.43. The number of likely N-dealkylation sites (tertiary alicyclic amines) is 1. The number of benzene rings is 1. The fourth-order valence-electron chi connectivity index (χ4n) is 3.62. The third-order valence-corrected chi connectivity index (χ3v) is 5.18. The number of nitrogens with zero attached hydrogens (tertiary/aromatic N) is 1. The molecule has 0 spiro atoms. The number of fused-ring (bicyclic) bond motifs is 1. The summed E-state index contributed by atoms with van der Waals surface area (Å²) in [5, 5.41) is 1.64. The summed E-state index contributed by atoms with van der Waals surface area (Å²) in [7, 11) is 0. The van der Waals surface area contributed by atoms with Gasteiger partial charge in [0.1, 0.15) is 11.9 Å². The van der Waals surface area contributed by atoms with Gasteiger partial charge in [0.25, 0.3) is 5.56 Å². The molecule has 2 aromatic rings. The summed E-state index contributed by atoms with van der Waals surface area (Å²) in [6, 6.07) is 7.67. The maximum atomic E-state index is 11.8. The molecule has 4 nitrogen and oxygen atoms in total. The molecule has 1 aliphatic rings. The van der Waals surface area contributed by atoms with Crippen molar-refractivity contribution in [2.75, 3.05) is 19.6 Å². The van der Waals surface area contributed by atoms with E-state index in [2.05, 4.69) is 23.7 Å². The second kappa shape index (κ2) is 7.84. The van der Waals surface area contributed by atoms with Gasteiger partial charge in [-0.2, -0.15) is 0 Å². The van der Waals surface area contributed by atoms with Crippen molar-refractivity contribution in [2.24, 2.45) is 5.92 Å². The molecule has 1 aliphatic heterocycles. The topological polar surface area (TPSA) is 45.3 Å². The Bertz CT molecular complexity index is 721.